The van der Waals surface area contributed by atoms with E-state index in [9.17, 15) is 19.5 Å². The van der Waals surface area contributed by atoms with E-state index in [-0.39, 0.29) is 12.2 Å². The molecule has 1 aliphatic carbocycles. The van der Waals surface area contributed by atoms with E-state index in [1.54, 1.807) is 6.92 Å². The second-order valence-corrected chi connectivity index (χ2v) is 9.72. The monoisotopic (exact) mass is 482 g/mol. The number of methoxy groups -OCH3 is 1. The highest BCUT2D eigenvalue weighted by molar-refractivity contribution is 6.36. The largest absolute Gasteiger partial charge is 0.443 e. The van der Waals surface area contributed by atoms with Crippen LogP contribution >= 0.6 is 0 Å². The van der Waals surface area contributed by atoms with Crippen molar-refractivity contribution in [2.24, 2.45) is 5.41 Å². The van der Waals surface area contributed by atoms with Gasteiger partial charge in [0.2, 0.25) is 0 Å². The van der Waals surface area contributed by atoms with Crippen LogP contribution in [0.25, 0.3) is 5.57 Å². The molecule has 35 heavy (non-hydrogen) atoms. The summed E-state index contributed by atoms with van der Waals surface area (Å²) in [5.74, 6) is 3.55. The van der Waals surface area contributed by atoms with Crippen molar-refractivity contribution in [3.8, 4) is 11.8 Å². The lowest BCUT2D eigenvalue weighted by atomic mass is 9.66. The minimum Gasteiger partial charge on any atom is -0.443 e. The lowest BCUT2D eigenvalue weighted by molar-refractivity contribution is -0.323. The average molecular weight is 483 g/mol. The maximum absolute atomic E-state index is 13.8. The van der Waals surface area contributed by atoms with E-state index in [2.05, 4.69) is 18.8 Å². The summed E-state index contributed by atoms with van der Waals surface area (Å²) in [6.45, 7) is 10.4. The van der Waals surface area contributed by atoms with E-state index in [4.69, 9.17) is 9.47 Å². The van der Waals surface area contributed by atoms with Crippen molar-refractivity contribution in [1.29, 1.82) is 0 Å². The first-order valence-electron chi connectivity index (χ1n) is 12.2. The zero-order valence-corrected chi connectivity index (χ0v) is 22.1. The maximum atomic E-state index is 13.8. The molecule has 2 unspecified atom stereocenters. The molecule has 0 aromatic heterocycles. The fourth-order valence-corrected chi connectivity index (χ4v) is 5.10. The van der Waals surface area contributed by atoms with Crippen molar-refractivity contribution in [1.82, 2.24) is 0 Å². The number of ketones is 3. The second-order valence-electron chi connectivity index (χ2n) is 9.72. The third-order valence-electron chi connectivity index (χ3n) is 6.66. The number of carbonyl (C=O) groups excluding carboxylic acids is 3. The Balaban J connectivity index is 2.60. The molecule has 0 amide bonds. The number of rotatable bonds is 11. The number of hydrogen-bond acceptors (Lipinski definition) is 6. The van der Waals surface area contributed by atoms with Gasteiger partial charge in [-0.05, 0) is 74.3 Å². The van der Waals surface area contributed by atoms with Crippen LogP contribution in [0.4, 0.5) is 0 Å². The first kappa shape index (κ1) is 28.5. The fourth-order valence-electron chi connectivity index (χ4n) is 5.10. The maximum Gasteiger partial charge on any atom is 0.320 e. The van der Waals surface area contributed by atoms with Crippen LogP contribution in [0.5, 0.6) is 0 Å². The Bertz CT molecular complexity index is 1060. The molecule has 0 heterocycles. The first-order chi connectivity index (χ1) is 16.4. The van der Waals surface area contributed by atoms with E-state index in [0.717, 1.165) is 35.1 Å². The number of allylic oxidation sites excluding steroid dienone is 2. The highest BCUT2D eigenvalue weighted by Crippen LogP contribution is 2.49. The molecular weight excluding hydrogens is 444 g/mol. The molecular formula is C29H38O6. The summed E-state index contributed by atoms with van der Waals surface area (Å²) in [5.41, 5.74) is 3.49. The molecule has 0 fully saturated rings. The van der Waals surface area contributed by atoms with Gasteiger partial charge in [0.25, 0.3) is 0 Å². The van der Waals surface area contributed by atoms with E-state index in [1.165, 1.54) is 21.0 Å². The third-order valence-corrected chi connectivity index (χ3v) is 6.66. The highest BCUT2D eigenvalue weighted by Gasteiger charge is 2.42. The summed E-state index contributed by atoms with van der Waals surface area (Å²) in [6, 6.07) is 3.90. The molecule has 2 rings (SSSR count). The molecule has 0 bridgehead atoms. The van der Waals surface area contributed by atoms with Gasteiger partial charge in [-0.25, -0.2) is 0 Å². The Kier molecular flexibility index (Phi) is 9.60. The van der Waals surface area contributed by atoms with Gasteiger partial charge in [0.15, 0.2) is 17.3 Å². The van der Waals surface area contributed by atoms with Crippen LogP contribution in [-0.4, -0.2) is 35.5 Å². The van der Waals surface area contributed by atoms with Gasteiger partial charge < -0.3 is 14.6 Å². The molecule has 1 aromatic carbocycles. The summed E-state index contributed by atoms with van der Waals surface area (Å²) in [4.78, 5) is 37.0. The molecule has 0 saturated heterocycles. The van der Waals surface area contributed by atoms with Gasteiger partial charge in [-0.2, -0.15) is 0 Å². The second kappa shape index (κ2) is 11.8. The van der Waals surface area contributed by atoms with Gasteiger partial charge >= 0.3 is 5.97 Å². The van der Waals surface area contributed by atoms with Crippen molar-refractivity contribution >= 4 is 22.9 Å². The quantitative estimate of drug-likeness (QED) is 0.265. The van der Waals surface area contributed by atoms with Crippen LogP contribution in [0.1, 0.15) is 94.9 Å². The Labute approximate surface area is 209 Å². The Morgan fingerprint density at radius 3 is 2.31 bits per heavy atom. The molecule has 0 radical (unpaired) electrons. The average Bonchev–Trinajstić information content (AvgIpc) is 2.75. The van der Waals surface area contributed by atoms with Gasteiger partial charge in [0, 0.05) is 45.8 Å². The van der Waals surface area contributed by atoms with E-state index < -0.39 is 23.0 Å². The van der Waals surface area contributed by atoms with Crippen LogP contribution in [0.3, 0.4) is 0 Å². The van der Waals surface area contributed by atoms with Crippen LogP contribution < -0.4 is 0 Å². The van der Waals surface area contributed by atoms with Gasteiger partial charge in [-0.3, -0.25) is 14.4 Å². The zero-order valence-electron chi connectivity index (χ0n) is 22.1. The first-order valence-corrected chi connectivity index (χ1v) is 12.2. The zero-order chi connectivity index (χ0) is 26.4. The van der Waals surface area contributed by atoms with Crippen LogP contribution in [0.15, 0.2) is 17.9 Å². The SMILES string of the molecule is CC#Cc1cc(C)c(C2=C(OC(C)(O)OC)CC(CCC)(CCCC(=O)C(C)=O)CC2=O)c(C)c1. The lowest BCUT2D eigenvalue weighted by Crippen LogP contribution is -2.37. The van der Waals surface area contributed by atoms with Gasteiger partial charge in [0.05, 0.1) is 5.57 Å². The highest BCUT2D eigenvalue weighted by atomic mass is 16.8. The van der Waals surface area contributed by atoms with Gasteiger partial charge in [-0.1, -0.05) is 19.3 Å². The van der Waals surface area contributed by atoms with Crippen molar-refractivity contribution < 1.29 is 29.0 Å². The third kappa shape index (κ3) is 7.13. The van der Waals surface area contributed by atoms with Crippen LogP contribution in [-0.2, 0) is 23.9 Å². The predicted molar refractivity (Wildman–Crippen MR) is 135 cm³/mol. The summed E-state index contributed by atoms with van der Waals surface area (Å²) in [5, 5.41) is 10.6. The molecule has 1 aromatic rings. The Morgan fingerprint density at radius 1 is 1.17 bits per heavy atom. The topological polar surface area (TPSA) is 89.9 Å². The van der Waals surface area contributed by atoms with Crippen molar-refractivity contribution in [2.75, 3.05) is 7.11 Å². The van der Waals surface area contributed by atoms with Crippen molar-refractivity contribution in [2.45, 2.75) is 92.5 Å². The molecule has 0 spiro atoms. The molecule has 6 nitrogen and oxygen atoms in total. The van der Waals surface area contributed by atoms with Crippen LogP contribution in [0.2, 0.25) is 0 Å². The van der Waals surface area contributed by atoms with Crippen molar-refractivity contribution in [3.05, 3.63) is 40.1 Å². The number of Topliss-reactive ketones (excluding diaryl/α,β-unsaturated/α-hetero) is 3. The van der Waals surface area contributed by atoms with Gasteiger partial charge in [0.1, 0.15) is 5.76 Å². The van der Waals surface area contributed by atoms with E-state index in [0.29, 0.717) is 37.0 Å². The molecule has 2 atom stereocenters. The predicted octanol–water partition coefficient (Wildman–Crippen LogP) is 5.19. The smallest absolute Gasteiger partial charge is 0.320 e. The van der Waals surface area contributed by atoms with Crippen LogP contribution in [0, 0.1) is 31.1 Å². The molecule has 1 N–H and O–H groups in total. The van der Waals surface area contributed by atoms with E-state index >= 15 is 0 Å². The van der Waals surface area contributed by atoms with E-state index in [1.807, 2.05) is 26.0 Å². The Morgan fingerprint density at radius 2 is 1.80 bits per heavy atom. The minimum absolute atomic E-state index is 0.0648. The number of hydrogen-bond donors (Lipinski definition) is 1. The summed E-state index contributed by atoms with van der Waals surface area (Å²) in [7, 11) is 1.34. The van der Waals surface area contributed by atoms with Crippen molar-refractivity contribution in [3.63, 3.8) is 0 Å². The standard InChI is InChI=1S/C29H38O6/c1-8-11-22-15-19(3)26(20(4)16-22)27-24(32)17-29(13-9-2,14-10-12-23(31)21(5)30)18-25(27)35-28(6,33)34-7/h15-16,33H,9-10,12-14,17-18H2,1-7H3. The number of carbonyl (C=O) groups is 3. The number of benzene rings is 1. The minimum atomic E-state index is -1.91. The number of aliphatic hydroxyl groups is 1. The normalized spacial score (nSPS) is 19.6. The summed E-state index contributed by atoms with van der Waals surface area (Å²) in [6.07, 6.45) is 3.61. The molecule has 0 aliphatic heterocycles. The molecule has 190 valence electrons. The summed E-state index contributed by atoms with van der Waals surface area (Å²) >= 11 is 0. The summed E-state index contributed by atoms with van der Waals surface area (Å²) < 4.78 is 11.1. The number of ether oxygens (including phenoxy) is 2. The molecule has 1 aliphatic rings. The Hall–Kier alpha value is -2.75. The molecule has 6 heteroatoms. The lowest BCUT2D eigenvalue weighted by Gasteiger charge is -2.40. The number of aryl methyl sites for hydroxylation is 2. The fraction of sp³-hybridized carbons (Fsp3) is 0.552. The molecule has 0 saturated carbocycles. The van der Waals surface area contributed by atoms with Gasteiger partial charge in [-0.15, -0.1) is 5.92 Å².